The zero-order valence-corrected chi connectivity index (χ0v) is 18.3. The maximum absolute atomic E-state index is 11.3. The summed E-state index contributed by atoms with van der Waals surface area (Å²) in [5.74, 6) is 0. The number of nitrogens with zero attached hydrogens (tertiary/aromatic N) is 1. The van der Waals surface area contributed by atoms with Crippen LogP contribution in [0.4, 0.5) is 0 Å². The predicted octanol–water partition coefficient (Wildman–Crippen LogP) is 3.78. The SMILES string of the molecule is O[C@@H]1C[Si](c2ccccc2)(c2ccccc2)C[C@H]1N1CC=C(c2ccccc2)CC1. The smallest absolute Gasteiger partial charge is 0.122 e. The Balaban J connectivity index is 1.43. The first kappa shape index (κ1) is 19.5. The van der Waals surface area contributed by atoms with Gasteiger partial charge in [-0.25, -0.2) is 0 Å². The molecule has 0 aromatic heterocycles. The average Bonchev–Trinajstić information content (AvgIpc) is 3.19. The molecule has 0 bridgehead atoms. The molecule has 0 amide bonds. The van der Waals surface area contributed by atoms with E-state index in [9.17, 15) is 5.11 Å². The lowest BCUT2D eigenvalue weighted by Gasteiger charge is -2.35. The quantitative estimate of drug-likeness (QED) is 0.661. The van der Waals surface area contributed by atoms with Gasteiger partial charge in [-0.1, -0.05) is 107 Å². The van der Waals surface area contributed by atoms with Crippen LogP contribution in [-0.2, 0) is 0 Å². The molecule has 1 N–H and O–H groups in total. The Morgan fingerprint density at radius 1 is 0.733 bits per heavy atom. The topological polar surface area (TPSA) is 23.5 Å². The van der Waals surface area contributed by atoms with Crippen molar-refractivity contribution >= 4 is 24.0 Å². The van der Waals surface area contributed by atoms with Gasteiger partial charge in [-0.05, 0) is 29.6 Å². The maximum Gasteiger partial charge on any atom is 0.122 e. The largest absolute Gasteiger partial charge is 0.392 e. The van der Waals surface area contributed by atoms with Gasteiger partial charge in [0.05, 0.1) is 6.10 Å². The summed E-state index contributed by atoms with van der Waals surface area (Å²) in [6.45, 7) is 1.95. The van der Waals surface area contributed by atoms with Crippen molar-refractivity contribution in [1.29, 1.82) is 0 Å². The maximum atomic E-state index is 11.3. The number of aliphatic hydroxyl groups is 1. The Morgan fingerprint density at radius 3 is 1.83 bits per heavy atom. The lowest BCUT2D eigenvalue weighted by Crippen LogP contribution is -2.57. The van der Waals surface area contributed by atoms with E-state index in [1.807, 2.05) is 0 Å². The molecule has 0 radical (unpaired) electrons. The van der Waals surface area contributed by atoms with Crippen molar-refractivity contribution in [1.82, 2.24) is 4.90 Å². The summed E-state index contributed by atoms with van der Waals surface area (Å²) in [7, 11) is -1.99. The first-order chi connectivity index (χ1) is 14.8. The minimum absolute atomic E-state index is 0.241. The minimum Gasteiger partial charge on any atom is -0.392 e. The lowest BCUT2D eigenvalue weighted by molar-refractivity contribution is 0.0873. The van der Waals surface area contributed by atoms with E-state index in [-0.39, 0.29) is 12.1 Å². The highest BCUT2D eigenvalue weighted by Gasteiger charge is 2.50. The highest BCUT2D eigenvalue weighted by molar-refractivity contribution is 7.03. The number of hydrogen-bond donors (Lipinski definition) is 1. The summed E-state index contributed by atoms with van der Waals surface area (Å²) < 4.78 is 0. The fourth-order valence-electron chi connectivity index (χ4n) is 5.49. The molecule has 2 aliphatic rings. The van der Waals surface area contributed by atoms with E-state index < -0.39 is 8.07 Å². The molecule has 3 heteroatoms. The molecule has 0 spiro atoms. The van der Waals surface area contributed by atoms with Crippen LogP contribution in [0.25, 0.3) is 5.57 Å². The zero-order chi connectivity index (χ0) is 20.4. The number of benzene rings is 3. The van der Waals surface area contributed by atoms with E-state index in [1.54, 1.807) is 0 Å². The molecule has 0 unspecified atom stereocenters. The Labute approximate surface area is 180 Å². The van der Waals surface area contributed by atoms with Crippen molar-refractivity contribution < 1.29 is 5.11 Å². The van der Waals surface area contributed by atoms with Crippen LogP contribution in [0.1, 0.15) is 12.0 Å². The fourth-order valence-corrected chi connectivity index (χ4v) is 10.8. The van der Waals surface area contributed by atoms with Crippen LogP contribution in [0.15, 0.2) is 97.1 Å². The lowest BCUT2D eigenvalue weighted by atomic mass is 9.98. The average molecular weight is 412 g/mol. The van der Waals surface area contributed by atoms with Crippen molar-refractivity contribution in [2.75, 3.05) is 13.1 Å². The Bertz CT molecular complexity index is 963. The highest BCUT2D eigenvalue weighted by atomic mass is 28.3. The minimum atomic E-state index is -1.99. The van der Waals surface area contributed by atoms with Crippen molar-refractivity contribution in [2.45, 2.75) is 30.7 Å². The monoisotopic (exact) mass is 411 g/mol. The molecule has 2 heterocycles. The fraction of sp³-hybridized carbons (Fsp3) is 0.259. The van der Waals surface area contributed by atoms with E-state index in [1.165, 1.54) is 21.5 Å². The van der Waals surface area contributed by atoms with E-state index in [2.05, 4.69) is 102 Å². The standard InChI is InChI=1S/C27H29NOSi/c29-27-21-30(24-12-6-2-7-13-24,25-14-8-3-9-15-25)20-26(27)28-18-16-23(17-19-28)22-10-4-1-5-11-22/h1-16,26-27,29H,17-21H2/t26-,27-/m1/s1. The molecule has 0 aliphatic carbocycles. The Morgan fingerprint density at radius 2 is 1.30 bits per heavy atom. The van der Waals surface area contributed by atoms with Gasteiger partial charge in [-0.2, -0.15) is 0 Å². The van der Waals surface area contributed by atoms with Gasteiger partial charge in [0.15, 0.2) is 0 Å². The van der Waals surface area contributed by atoms with E-state index >= 15 is 0 Å². The molecule has 1 saturated heterocycles. The molecule has 3 aromatic rings. The first-order valence-electron chi connectivity index (χ1n) is 11.0. The molecule has 0 saturated carbocycles. The van der Waals surface area contributed by atoms with E-state index in [4.69, 9.17) is 0 Å². The second-order valence-corrected chi connectivity index (χ2v) is 12.8. The van der Waals surface area contributed by atoms with Crippen molar-refractivity contribution in [3.05, 3.63) is 103 Å². The molecule has 1 fully saturated rings. The summed E-state index contributed by atoms with van der Waals surface area (Å²) >= 11 is 0. The molecular formula is C27H29NOSi. The number of rotatable bonds is 4. The van der Waals surface area contributed by atoms with Gasteiger partial charge < -0.3 is 5.11 Å². The molecule has 3 aromatic carbocycles. The third-order valence-electron chi connectivity index (χ3n) is 7.07. The van der Waals surface area contributed by atoms with Gasteiger partial charge in [-0.15, -0.1) is 0 Å². The van der Waals surface area contributed by atoms with E-state index in [0.717, 1.165) is 31.6 Å². The second-order valence-electron chi connectivity index (χ2n) is 8.70. The Hall–Kier alpha value is -2.46. The molecule has 2 atom stereocenters. The summed E-state index contributed by atoms with van der Waals surface area (Å²) in [5, 5.41) is 14.2. The summed E-state index contributed by atoms with van der Waals surface area (Å²) in [6.07, 6.45) is 3.17. The van der Waals surface area contributed by atoms with Gasteiger partial charge in [0.2, 0.25) is 0 Å². The van der Waals surface area contributed by atoms with Gasteiger partial charge in [0.25, 0.3) is 0 Å². The Kier molecular flexibility index (Phi) is 5.42. The van der Waals surface area contributed by atoms with Crippen LogP contribution in [0, 0.1) is 0 Å². The van der Waals surface area contributed by atoms with Gasteiger partial charge in [-0.3, -0.25) is 4.90 Å². The second kappa shape index (κ2) is 8.35. The third-order valence-corrected chi connectivity index (χ3v) is 12.2. The molecule has 5 rings (SSSR count). The predicted molar refractivity (Wildman–Crippen MR) is 128 cm³/mol. The normalized spacial score (nSPS) is 23.8. The number of aliphatic hydroxyl groups excluding tert-OH is 1. The van der Waals surface area contributed by atoms with Crippen LogP contribution < -0.4 is 10.4 Å². The van der Waals surface area contributed by atoms with E-state index in [0.29, 0.717) is 0 Å². The molecule has 2 aliphatic heterocycles. The summed E-state index contributed by atoms with van der Waals surface area (Å²) in [5.41, 5.74) is 2.77. The van der Waals surface area contributed by atoms with Crippen LogP contribution in [0.3, 0.4) is 0 Å². The zero-order valence-electron chi connectivity index (χ0n) is 17.3. The van der Waals surface area contributed by atoms with Crippen molar-refractivity contribution in [2.24, 2.45) is 0 Å². The number of hydrogen-bond acceptors (Lipinski definition) is 2. The van der Waals surface area contributed by atoms with Crippen LogP contribution >= 0.6 is 0 Å². The van der Waals surface area contributed by atoms with Crippen molar-refractivity contribution in [3.63, 3.8) is 0 Å². The summed E-state index contributed by atoms with van der Waals surface area (Å²) in [4.78, 5) is 2.53. The summed E-state index contributed by atoms with van der Waals surface area (Å²) in [6, 6.07) is 34.9. The third kappa shape index (κ3) is 3.58. The van der Waals surface area contributed by atoms with Gasteiger partial charge >= 0.3 is 0 Å². The molecule has 2 nitrogen and oxygen atoms in total. The van der Waals surface area contributed by atoms with Crippen molar-refractivity contribution in [3.8, 4) is 0 Å². The molecular weight excluding hydrogens is 382 g/mol. The first-order valence-corrected chi connectivity index (χ1v) is 13.5. The highest BCUT2D eigenvalue weighted by Crippen LogP contribution is 2.35. The molecule has 30 heavy (non-hydrogen) atoms. The van der Waals surface area contributed by atoms with Crippen LogP contribution in [0.5, 0.6) is 0 Å². The molecule has 152 valence electrons. The van der Waals surface area contributed by atoms with Gasteiger partial charge in [0.1, 0.15) is 8.07 Å². The van der Waals surface area contributed by atoms with Gasteiger partial charge in [0, 0.05) is 19.1 Å². The van der Waals surface area contributed by atoms with Crippen LogP contribution in [-0.4, -0.2) is 43.3 Å². The van der Waals surface area contributed by atoms with Crippen LogP contribution in [0.2, 0.25) is 12.1 Å².